The predicted molar refractivity (Wildman–Crippen MR) is 71.3 cm³/mol. The van der Waals surface area contributed by atoms with Crippen LogP contribution in [-0.2, 0) is 0 Å². The van der Waals surface area contributed by atoms with Gasteiger partial charge < -0.3 is 11.1 Å². The zero-order valence-electron chi connectivity index (χ0n) is 10.4. The summed E-state index contributed by atoms with van der Waals surface area (Å²) in [4.78, 5) is 11.9. The summed E-state index contributed by atoms with van der Waals surface area (Å²) in [6.07, 6.45) is 2.92. The van der Waals surface area contributed by atoms with Crippen molar-refractivity contribution in [2.24, 2.45) is 11.7 Å². The first-order valence-corrected chi connectivity index (χ1v) is 6.08. The van der Waals surface area contributed by atoms with E-state index in [0.29, 0.717) is 6.54 Å². The molecule has 0 bridgehead atoms. The minimum atomic E-state index is -1.01. The Morgan fingerprint density at radius 1 is 1.32 bits per heavy atom. The van der Waals surface area contributed by atoms with Crippen molar-refractivity contribution in [2.45, 2.75) is 25.3 Å². The van der Waals surface area contributed by atoms with Crippen LogP contribution in [0.4, 0.5) is 8.78 Å². The molecule has 2 atom stereocenters. The molecular weight excluding hydrogens is 274 g/mol. The summed E-state index contributed by atoms with van der Waals surface area (Å²) in [5.74, 6) is -2.06. The largest absolute Gasteiger partial charge is 0.349 e. The molecule has 0 aromatic heterocycles. The van der Waals surface area contributed by atoms with Crippen molar-refractivity contribution < 1.29 is 13.6 Å². The molecule has 3 N–H and O–H groups in total. The predicted octanol–water partition coefficient (Wildman–Crippen LogP) is 2.24. The van der Waals surface area contributed by atoms with Crippen LogP contribution in [0.2, 0.25) is 0 Å². The normalized spacial score (nSPS) is 21.8. The van der Waals surface area contributed by atoms with Crippen LogP contribution in [-0.4, -0.2) is 18.5 Å². The molecule has 1 aromatic carbocycles. The summed E-state index contributed by atoms with van der Waals surface area (Å²) in [5.41, 5.74) is 5.76. The Balaban J connectivity index is 0.00000180. The maximum atomic E-state index is 13.0. The Kier molecular flexibility index (Phi) is 5.69. The van der Waals surface area contributed by atoms with E-state index >= 15 is 0 Å². The molecule has 1 aromatic rings. The van der Waals surface area contributed by atoms with Crippen molar-refractivity contribution in [2.75, 3.05) is 6.54 Å². The Morgan fingerprint density at radius 2 is 2.05 bits per heavy atom. The highest BCUT2D eigenvalue weighted by Gasteiger charge is 2.27. The van der Waals surface area contributed by atoms with E-state index in [1.807, 2.05) is 0 Å². The van der Waals surface area contributed by atoms with Crippen molar-refractivity contribution in [3.63, 3.8) is 0 Å². The molecule has 1 aliphatic rings. The standard InChI is InChI=1S/C13H16F2N2O.ClH/c14-10-5-4-8(6-11(10)15)13(18)17-12-3-1-2-9(12)7-16;/h4-6,9,12H,1-3,7,16H2,(H,17,18);1H. The molecule has 1 saturated carbocycles. The number of hydrogen-bond acceptors (Lipinski definition) is 2. The molecule has 1 aliphatic carbocycles. The van der Waals surface area contributed by atoms with E-state index in [1.54, 1.807) is 0 Å². The van der Waals surface area contributed by atoms with Gasteiger partial charge in [0.15, 0.2) is 11.6 Å². The van der Waals surface area contributed by atoms with E-state index in [2.05, 4.69) is 5.32 Å². The highest BCUT2D eigenvalue weighted by atomic mass is 35.5. The second-order valence-electron chi connectivity index (χ2n) is 4.64. The maximum absolute atomic E-state index is 13.0. The first kappa shape index (κ1) is 15.9. The van der Waals surface area contributed by atoms with Crippen molar-refractivity contribution in [3.05, 3.63) is 35.4 Å². The fraction of sp³-hybridized carbons (Fsp3) is 0.462. The zero-order chi connectivity index (χ0) is 13.1. The number of carbonyl (C=O) groups excluding carboxylic acids is 1. The molecule has 0 spiro atoms. The number of nitrogens with one attached hydrogen (secondary N) is 1. The molecule has 0 aliphatic heterocycles. The summed E-state index contributed by atoms with van der Waals surface area (Å²) >= 11 is 0. The van der Waals surface area contributed by atoms with E-state index in [4.69, 9.17) is 5.73 Å². The van der Waals surface area contributed by atoms with Crippen LogP contribution in [0.25, 0.3) is 0 Å². The van der Waals surface area contributed by atoms with Gasteiger partial charge in [0.05, 0.1) is 0 Å². The monoisotopic (exact) mass is 290 g/mol. The number of amides is 1. The number of carbonyl (C=O) groups is 1. The lowest BCUT2D eigenvalue weighted by atomic mass is 10.0. The van der Waals surface area contributed by atoms with Gasteiger partial charge in [-0.1, -0.05) is 6.42 Å². The van der Waals surface area contributed by atoms with E-state index in [1.165, 1.54) is 6.07 Å². The fourth-order valence-corrected chi connectivity index (χ4v) is 2.40. The molecule has 1 amide bonds. The van der Waals surface area contributed by atoms with E-state index in [-0.39, 0.29) is 35.8 Å². The smallest absolute Gasteiger partial charge is 0.251 e. The Labute approximate surface area is 117 Å². The topological polar surface area (TPSA) is 55.1 Å². The van der Waals surface area contributed by atoms with Crippen molar-refractivity contribution in [1.82, 2.24) is 5.32 Å². The quantitative estimate of drug-likeness (QED) is 0.897. The van der Waals surface area contributed by atoms with Crippen LogP contribution in [0.3, 0.4) is 0 Å². The van der Waals surface area contributed by atoms with Crippen LogP contribution in [0.1, 0.15) is 29.6 Å². The number of benzene rings is 1. The first-order chi connectivity index (χ1) is 8.61. The number of nitrogens with two attached hydrogens (primary N) is 1. The third-order valence-corrected chi connectivity index (χ3v) is 3.46. The van der Waals surface area contributed by atoms with Gasteiger partial charge in [0, 0.05) is 11.6 Å². The minimum Gasteiger partial charge on any atom is -0.349 e. The van der Waals surface area contributed by atoms with Gasteiger partial charge in [-0.3, -0.25) is 4.79 Å². The summed E-state index contributed by atoms with van der Waals surface area (Å²) in [6, 6.07) is 3.19. The van der Waals surface area contributed by atoms with Crippen LogP contribution in [0, 0.1) is 17.6 Å². The molecule has 106 valence electrons. The highest BCUT2D eigenvalue weighted by Crippen LogP contribution is 2.24. The first-order valence-electron chi connectivity index (χ1n) is 6.08. The average molecular weight is 291 g/mol. The summed E-state index contributed by atoms with van der Waals surface area (Å²) in [7, 11) is 0. The van der Waals surface area contributed by atoms with Crippen LogP contribution >= 0.6 is 12.4 Å². The number of rotatable bonds is 3. The molecule has 0 saturated heterocycles. The van der Waals surface area contributed by atoms with Crippen molar-refractivity contribution in [3.8, 4) is 0 Å². The molecular formula is C13H17ClF2N2O. The van der Waals surface area contributed by atoms with Gasteiger partial charge in [0.1, 0.15) is 0 Å². The van der Waals surface area contributed by atoms with Crippen LogP contribution < -0.4 is 11.1 Å². The molecule has 3 nitrogen and oxygen atoms in total. The zero-order valence-corrected chi connectivity index (χ0v) is 11.2. The van der Waals surface area contributed by atoms with Crippen LogP contribution in [0.15, 0.2) is 18.2 Å². The highest BCUT2D eigenvalue weighted by molar-refractivity contribution is 5.94. The molecule has 0 radical (unpaired) electrons. The number of hydrogen-bond donors (Lipinski definition) is 2. The second kappa shape index (κ2) is 6.82. The molecule has 2 rings (SSSR count). The molecule has 6 heteroatoms. The molecule has 0 heterocycles. The van der Waals surface area contributed by atoms with Gasteiger partial charge in [-0.05, 0) is 43.5 Å². The van der Waals surface area contributed by atoms with Gasteiger partial charge in [0.25, 0.3) is 5.91 Å². The van der Waals surface area contributed by atoms with Gasteiger partial charge in [0.2, 0.25) is 0 Å². The van der Waals surface area contributed by atoms with Crippen molar-refractivity contribution in [1.29, 1.82) is 0 Å². The van der Waals surface area contributed by atoms with E-state index < -0.39 is 11.6 Å². The third-order valence-electron chi connectivity index (χ3n) is 3.46. The average Bonchev–Trinajstić information content (AvgIpc) is 2.79. The fourth-order valence-electron chi connectivity index (χ4n) is 2.40. The number of halogens is 3. The Bertz CT molecular complexity index is 456. The third kappa shape index (κ3) is 3.64. The Morgan fingerprint density at radius 3 is 2.68 bits per heavy atom. The summed E-state index contributed by atoms with van der Waals surface area (Å²) < 4.78 is 25.8. The van der Waals surface area contributed by atoms with Gasteiger partial charge >= 0.3 is 0 Å². The Hall–Kier alpha value is -1.20. The molecule has 1 fully saturated rings. The maximum Gasteiger partial charge on any atom is 0.251 e. The van der Waals surface area contributed by atoms with E-state index in [0.717, 1.165) is 31.4 Å². The lowest BCUT2D eigenvalue weighted by Gasteiger charge is -2.19. The summed E-state index contributed by atoms with van der Waals surface area (Å²) in [5, 5.41) is 2.83. The lowest BCUT2D eigenvalue weighted by molar-refractivity contribution is 0.0928. The minimum absolute atomic E-state index is 0. The molecule has 19 heavy (non-hydrogen) atoms. The second-order valence-corrected chi connectivity index (χ2v) is 4.64. The van der Waals surface area contributed by atoms with Crippen molar-refractivity contribution >= 4 is 18.3 Å². The van der Waals surface area contributed by atoms with Gasteiger partial charge in [-0.2, -0.15) is 0 Å². The van der Waals surface area contributed by atoms with Gasteiger partial charge in [-0.15, -0.1) is 12.4 Å². The SMILES string of the molecule is Cl.NCC1CCCC1NC(=O)c1ccc(F)c(F)c1. The summed E-state index contributed by atoms with van der Waals surface area (Å²) in [6.45, 7) is 0.530. The van der Waals surface area contributed by atoms with Crippen LogP contribution in [0.5, 0.6) is 0 Å². The lowest BCUT2D eigenvalue weighted by Crippen LogP contribution is -2.39. The van der Waals surface area contributed by atoms with E-state index in [9.17, 15) is 13.6 Å². The van der Waals surface area contributed by atoms with Gasteiger partial charge in [-0.25, -0.2) is 8.78 Å². The molecule has 2 unspecified atom stereocenters.